The van der Waals surface area contributed by atoms with Crippen molar-refractivity contribution in [2.75, 3.05) is 25.0 Å². The van der Waals surface area contributed by atoms with Crippen LogP contribution in [0, 0.1) is 24.1 Å². The van der Waals surface area contributed by atoms with Crippen LogP contribution < -0.4 is 5.32 Å². The van der Waals surface area contributed by atoms with Gasteiger partial charge in [0.15, 0.2) is 5.78 Å². The van der Waals surface area contributed by atoms with Gasteiger partial charge < -0.3 is 15.0 Å². The number of piperidine rings is 1. The first-order valence-corrected chi connectivity index (χ1v) is 16.4. The Morgan fingerprint density at radius 1 is 0.940 bits per heavy atom. The first-order chi connectivity index (χ1) is 23.0. The molecule has 1 N–H and O–H groups in total. The number of rotatable bonds is 7. The Morgan fingerprint density at radius 3 is 2.00 bits per heavy atom. The van der Waals surface area contributed by atoms with Gasteiger partial charge in [-0.2, -0.15) is 31.6 Å². The van der Waals surface area contributed by atoms with Crippen LogP contribution in [-0.2, 0) is 27.3 Å². The van der Waals surface area contributed by atoms with E-state index in [2.05, 4.69) is 11.4 Å². The normalized spacial score (nSPS) is 14.3. The lowest BCUT2D eigenvalue weighted by molar-refractivity contribution is -0.143. The second-order valence-electron chi connectivity index (χ2n) is 13.6. The zero-order valence-corrected chi connectivity index (χ0v) is 29.1. The van der Waals surface area contributed by atoms with Gasteiger partial charge in [-0.15, -0.1) is 11.3 Å². The van der Waals surface area contributed by atoms with Crippen molar-refractivity contribution in [2.45, 2.75) is 77.8 Å². The summed E-state index contributed by atoms with van der Waals surface area (Å²) in [4.78, 5) is 28.7. The van der Waals surface area contributed by atoms with Crippen molar-refractivity contribution < 1.29 is 45.1 Å². The fourth-order valence-corrected chi connectivity index (χ4v) is 6.71. The molecule has 4 rings (SSSR count). The summed E-state index contributed by atoms with van der Waals surface area (Å²) < 4.78 is 101. The summed E-state index contributed by atoms with van der Waals surface area (Å²) in [5, 5.41) is 13.2. The number of aryl methyl sites for hydroxylation is 1. The second-order valence-corrected chi connectivity index (χ2v) is 14.6. The van der Waals surface area contributed by atoms with Crippen molar-refractivity contribution in [1.29, 1.82) is 5.26 Å². The lowest BCUT2D eigenvalue weighted by Crippen LogP contribution is -2.40. The molecule has 1 aliphatic heterocycles. The number of nitrogens with one attached hydrogen (secondary N) is 1. The molecule has 1 fully saturated rings. The van der Waals surface area contributed by atoms with Crippen LogP contribution in [0.1, 0.15) is 80.2 Å². The zero-order valence-electron chi connectivity index (χ0n) is 28.3. The van der Waals surface area contributed by atoms with E-state index in [0.717, 1.165) is 5.57 Å². The van der Waals surface area contributed by atoms with Gasteiger partial charge in [0.05, 0.1) is 39.2 Å². The number of hydrogen-bond donors (Lipinski definition) is 1. The van der Waals surface area contributed by atoms with Crippen LogP contribution in [0.4, 0.5) is 41.2 Å². The highest BCUT2D eigenvalue weighted by molar-refractivity contribution is 7.17. The maximum absolute atomic E-state index is 14.1. The number of benzene rings is 2. The number of carbonyl (C=O) groups excluding carboxylic acids is 2. The monoisotopic (exact) mass is 723 g/mol. The highest BCUT2D eigenvalue weighted by Gasteiger charge is 2.40. The predicted molar refractivity (Wildman–Crippen MR) is 177 cm³/mol. The molecule has 268 valence electrons. The summed E-state index contributed by atoms with van der Waals surface area (Å²) in [7, 11) is 0. The number of nitriles is 1. The van der Waals surface area contributed by atoms with Gasteiger partial charge >= 0.3 is 18.4 Å². The number of carbonyl (C=O) groups is 2. The van der Waals surface area contributed by atoms with Crippen molar-refractivity contribution in [3.05, 3.63) is 80.5 Å². The molecule has 0 unspecified atom stereocenters. The molecule has 0 saturated carbocycles. The number of ether oxygens (including phenoxy) is 1. The molecular weight excluding hydrogens is 687 g/mol. The van der Waals surface area contributed by atoms with Crippen LogP contribution in [0.25, 0.3) is 16.5 Å². The Bertz CT molecular complexity index is 1820. The second kappa shape index (κ2) is 14.1. The van der Waals surface area contributed by atoms with Crippen LogP contribution in [0.15, 0.2) is 42.0 Å². The third kappa shape index (κ3) is 8.85. The third-order valence-corrected chi connectivity index (χ3v) is 9.48. The van der Waals surface area contributed by atoms with Gasteiger partial charge in [0, 0.05) is 18.0 Å². The maximum Gasteiger partial charge on any atom is 0.416 e. The highest BCUT2D eigenvalue weighted by Crippen LogP contribution is 2.44. The van der Waals surface area contributed by atoms with Crippen molar-refractivity contribution in [3.63, 3.8) is 0 Å². The molecular formula is C36H36F7N3O3S. The molecule has 1 aromatic heterocycles. The van der Waals surface area contributed by atoms with Gasteiger partial charge in [0.25, 0.3) is 0 Å². The minimum Gasteiger partial charge on any atom is -0.444 e. The van der Waals surface area contributed by atoms with Crippen LogP contribution in [0.2, 0.25) is 0 Å². The van der Waals surface area contributed by atoms with Gasteiger partial charge in [0.2, 0.25) is 0 Å². The molecule has 14 heteroatoms. The fourth-order valence-electron chi connectivity index (χ4n) is 5.40. The van der Waals surface area contributed by atoms with E-state index in [1.54, 1.807) is 32.6 Å². The summed E-state index contributed by atoms with van der Waals surface area (Å²) in [6.45, 7) is 9.67. The van der Waals surface area contributed by atoms with Crippen LogP contribution in [-0.4, -0.2) is 42.0 Å². The molecule has 1 saturated heterocycles. The molecule has 0 aliphatic carbocycles. The van der Waals surface area contributed by atoms with Gasteiger partial charge in [-0.05, 0) is 107 Å². The Morgan fingerprint density at radius 2 is 1.50 bits per heavy atom. The van der Waals surface area contributed by atoms with E-state index in [1.807, 2.05) is 6.08 Å². The molecule has 0 radical (unpaired) electrons. The van der Waals surface area contributed by atoms with E-state index in [4.69, 9.17) is 4.74 Å². The van der Waals surface area contributed by atoms with Crippen molar-refractivity contribution in [1.82, 2.24) is 4.90 Å². The number of likely N-dealkylation sites (tertiary alicyclic amines) is 1. The Kier molecular flexibility index (Phi) is 10.8. The lowest BCUT2D eigenvalue weighted by atomic mass is 9.79. The minimum atomic E-state index is -5.09. The maximum atomic E-state index is 14.1. The molecule has 0 bridgehead atoms. The molecule has 50 heavy (non-hydrogen) atoms. The minimum absolute atomic E-state index is 0.00157. The lowest BCUT2D eigenvalue weighted by Gasteiger charge is -2.31. The average molecular weight is 724 g/mol. The molecule has 3 aromatic rings. The van der Waals surface area contributed by atoms with E-state index in [-0.39, 0.29) is 17.3 Å². The van der Waals surface area contributed by atoms with Crippen LogP contribution >= 0.6 is 11.3 Å². The number of alkyl halides is 6. The summed E-state index contributed by atoms with van der Waals surface area (Å²) in [6, 6.07) is 7.28. The number of nitrogens with zero attached hydrogens (tertiary/aromatic N) is 2. The Hall–Kier alpha value is -4.38. The summed E-state index contributed by atoms with van der Waals surface area (Å²) >= 11 is 1.21. The highest BCUT2D eigenvalue weighted by atomic mass is 32.1. The number of amides is 1. The largest absolute Gasteiger partial charge is 0.444 e. The standard InChI is InChI=1S/C36H36F7N3O3S/c1-20-13-25(37)7-8-26(20)31-30(27(18-44)28(50-31)14-21-9-11-46(12-10-21)32(48)49-33(2,3)4)45-19-29(47)34(5,6)22-15-23(35(38,39)40)17-24(16-22)36(41,42)43/h7-8,13-17,45H,9-12,19H2,1-6H3. The van der Waals surface area contributed by atoms with Crippen molar-refractivity contribution in [3.8, 4) is 16.5 Å². The van der Waals surface area contributed by atoms with E-state index in [0.29, 0.717) is 58.9 Å². The van der Waals surface area contributed by atoms with Crippen molar-refractivity contribution >= 4 is 35.0 Å². The smallest absolute Gasteiger partial charge is 0.416 e. The SMILES string of the molecule is Cc1cc(F)ccc1-c1sc(C=C2CCN(C(=O)OC(C)(C)C)CC2)c(C#N)c1NCC(=O)C(C)(C)c1cc(C(F)(F)F)cc(C(F)(F)F)c1. The number of ketones is 1. The molecule has 1 aliphatic rings. The Labute approximate surface area is 289 Å². The van der Waals surface area contributed by atoms with E-state index < -0.39 is 64.3 Å². The summed E-state index contributed by atoms with van der Waals surface area (Å²) in [5.41, 5.74) is -3.62. The van der Waals surface area contributed by atoms with Crippen molar-refractivity contribution in [2.24, 2.45) is 0 Å². The van der Waals surface area contributed by atoms with Gasteiger partial charge in [0.1, 0.15) is 17.5 Å². The molecule has 0 atom stereocenters. The van der Waals surface area contributed by atoms with Crippen LogP contribution in [0.5, 0.6) is 0 Å². The summed E-state index contributed by atoms with van der Waals surface area (Å²) in [5.74, 6) is -1.23. The van der Waals surface area contributed by atoms with Crippen LogP contribution in [0.3, 0.4) is 0 Å². The Balaban J connectivity index is 1.69. The fraction of sp³-hybridized carbons (Fsp3) is 0.417. The third-order valence-electron chi connectivity index (χ3n) is 8.31. The van der Waals surface area contributed by atoms with Gasteiger partial charge in [-0.25, -0.2) is 9.18 Å². The average Bonchev–Trinajstić information content (AvgIpc) is 3.34. The molecule has 2 aromatic carbocycles. The molecule has 0 spiro atoms. The van der Waals surface area contributed by atoms with E-state index in [1.165, 1.54) is 43.4 Å². The van der Waals surface area contributed by atoms with Gasteiger partial charge in [-0.3, -0.25) is 4.79 Å². The molecule has 6 nitrogen and oxygen atoms in total. The number of hydrogen-bond acceptors (Lipinski definition) is 6. The number of halogens is 7. The van der Waals surface area contributed by atoms with E-state index >= 15 is 0 Å². The quantitative estimate of drug-likeness (QED) is 0.246. The topological polar surface area (TPSA) is 82.4 Å². The first-order valence-electron chi connectivity index (χ1n) is 15.6. The molecule has 2 heterocycles. The predicted octanol–water partition coefficient (Wildman–Crippen LogP) is 10.1. The number of Topliss-reactive ketones (excluding diaryl/α,β-unsaturated/α-hetero) is 1. The molecule has 1 amide bonds. The first kappa shape index (κ1) is 38.4. The van der Waals surface area contributed by atoms with E-state index in [9.17, 15) is 45.6 Å². The number of anilines is 1. The number of thiophene rings is 1. The summed E-state index contributed by atoms with van der Waals surface area (Å²) in [6.07, 6.45) is -7.79. The zero-order chi connectivity index (χ0) is 37.4. The van der Waals surface area contributed by atoms with Gasteiger partial charge in [-0.1, -0.05) is 11.6 Å².